The number of nitrogens with zero attached hydrogens (tertiary/aromatic N) is 4. The Morgan fingerprint density at radius 1 is 1.04 bits per heavy atom. The molecule has 116 valence electrons. The second kappa shape index (κ2) is 6.83. The van der Waals surface area contributed by atoms with Gasteiger partial charge in [-0.3, -0.25) is 4.98 Å². The number of hydrogen-bond donors (Lipinski definition) is 2. The van der Waals surface area contributed by atoms with E-state index in [1.54, 1.807) is 18.6 Å². The SMILES string of the molecule is Cc1cc(C)cc(Nc2cnnc(NCc3cccnc3)n2)c1. The van der Waals surface area contributed by atoms with Gasteiger partial charge in [-0.15, -0.1) is 5.10 Å². The van der Waals surface area contributed by atoms with Crippen LogP contribution in [0.25, 0.3) is 0 Å². The van der Waals surface area contributed by atoms with Crippen LogP contribution in [0.3, 0.4) is 0 Å². The van der Waals surface area contributed by atoms with E-state index in [0.29, 0.717) is 18.3 Å². The molecule has 2 N–H and O–H groups in total. The van der Waals surface area contributed by atoms with Crippen LogP contribution in [-0.2, 0) is 6.54 Å². The Bertz CT molecular complexity index is 768. The van der Waals surface area contributed by atoms with E-state index < -0.39 is 0 Å². The monoisotopic (exact) mass is 306 g/mol. The average Bonchev–Trinajstić information content (AvgIpc) is 2.53. The third-order valence-corrected chi connectivity index (χ3v) is 3.23. The molecule has 6 nitrogen and oxygen atoms in total. The fourth-order valence-corrected chi connectivity index (χ4v) is 2.32. The highest BCUT2D eigenvalue weighted by molar-refractivity contribution is 5.58. The second-order valence-electron chi connectivity index (χ2n) is 5.38. The molecule has 23 heavy (non-hydrogen) atoms. The van der Waals surface area contributed by atoms with Gasteiger partial charge in [0.15, 0.2) is 5.82 Å². The van der Waals surface area contributed by atoms with Crippen molar-refractivity contribution in [2.45, 2.75) is 20.4 Å². The molecule has 3 rings (SSSR count). The Labute approximate surface area is 135 Å². The standard InChI is InChI=1S/C17H18N6/c1-12-6-13(2)8-15(7-12)21-16-11-20-23-17(22-16)19-10-14-4-3-5-18-9-14/h3-9,11H,10H2,1-2H3,(H2,19,21,22,23). The zero-order valence-corrected chi connectivity index (χ0v) is 13.1. The summed E-state index contributed by atoms with van der Waals surface area (Å²) in [6.07, 6.45) is 5.15. The van der Waals surface area contributed by atoms with Gasteiger partial charge in [0.1, 0.15) is 0 Å². The summed E-state index contributed by atoms with van der Waals surface area (Å²) in [5, 5.41) is 14.4. The van der Waals surface area contributed by atoms with Gasteiger partial charge in [0.25, 0.3) is 0 Å². The molecule has 0 atom stereocenters. The third kappa shape index (κ3) is 4.23. The van der Waals surface area contributed by atoms with Gasteiger partial charge in [-0.05, 0) is 48.7 Å². The van der Waals surface area contributed by atoms with Crippen LogP contribution < -0.4 is 10.6 Å². The van der Waals surface area contributed by atoms with Crippen LogP contribution in [0.4, 0.5) is 17.5 Å². The maximum atomic E-state index is 4.43. The lowest BCUT2D eigenvalue weighted by molar-refractivity contribution is 0.946. The summed E-state index contributed by atoms with van der Waals surface area (Å²) in [6, 6.07) is 10.2. The van der Waals surface area contributed by atoms with E-state index in [4.69, 9.17) is 0 Å². The predicted molar refractivity (Wildman–Crippen MR) is 90.6 cm³/mol. The Balaban J connectivity index is 1.69. The molecule has 0 aliphatic rings. The lowest BCUT2D eigenvalue weighted by atomic mass is 10.1. The summed E-state index contributed by atoms with van der Waals surface area (Å²) in [5.41, 5.74) is 4.44. The minimum atomic E-state index is 0.475. The van der Waals surface area contributed by atoms with E-state index in [2.05, 4.69) is 62.8 Å². The molecule has 0 aliphatic heterocycles. The topological polar surface area (TPSA) is 75.6 Å². The molecule has 0 amide bonds. The number of aryl methyl sites for hydroxylation is 2. The van der Waals surface area contributed by atoms with Crippen LogP contribution in [0.15, 0.2) is 48.9 Å². The summed E-state index contributed by atoms with van der Waals surface area (Å²) >= 11 is 0. The Hall–Kier alpha value is -3.02. The number of rotatable bonds is 5. The summed E-state index contributed by atoms with van der Waals surface area (Å²) in [6.45, 7) is 4.73. The number of aromatic nitrogens is 4. The van der Waals surface area contributed by atoms with Gasteiger partial charge in [0.2, 0.25) is 5.95 Å². The van der Waals surface area contributed by atoms with Crippen molar-refractivity contribution in [2.24, 2.45) is 0 Å². The average molecular weight is 306 g/mol. The smallest absolute Gasteiger partial charge is 0.244 e. The summed E-state index contributed by atoms with van der Waals surface area (Å²) in [7, 11) is 0. The third-order valence-electron chi connectivity index (χ3n) is 3.23. The number of anilines is 3. The van der Waals surface area contributed by atoms with Crippen LogP contribution in [0.2, 0.25) is 0 Å². The molecular weight excluding hydrogens is 288 g/mol. The van der Waals surface area contributed by atoms with Crippen molar-refractivity contribution >= 4 is 17.5 Å². The van der Waals surface area contributed by atoms with E-state index in [9.17, 15) is 0 Å². The number of pyridine rings is 1. The maximum Gasteiger partial charge on any atom is 0.244 e. The van der Waals surface area contributed by atoms with Crippen molar-refractivity contribution in [1.29, 1.82) is 0 Å². The molecule has 0 unspecified atom stereocenters. The van der Waals surface area contributed by atoms with E-state index in [1.807, 2.05) is 12.1 Å². The largest absolute Gasteiger partial charge is 0.349 e. The van der Waals surface area contributed by atoms with Gasteiger partial charge in [0.05, 0.1) is 6.20 Å². The highest BCUT2D eigenvalue weighted by atomic mass is 15.3. The van der Waals surface area contributed by atoms with Crippen molar-refractivity contribution in [3.63, 3.8) is 0 Å². The van der Waals surface area contributed by atoms with Gasteiger partial charge in [-0.25, -0.2) is 0 Å². The molecule has 1 aromatic carbocycles. The first-order valence-corrected chi connectivity index (χ1v) is 7.37. The normalized spacial score (nSPS) is 10.3. The fraction of sp³-hybridized carbons (Fsp3) is 0.176. The Morgan fingerprint density at radius 2 is 1.87 bits per heavy atom. The first-order chi connectivity index (χ1) is 11.2. The van der Waals surface area contributed by atoms with E-state index >= 15 is 0 Å². The zero-order chi connectivity index (χ0) is 16.1. The molecule has 0 fully saturated rings. The molecule has 2 heterocycles. The minimum absolute atomic E-state index is 0.475. The molecule has 0 saturated carbocycles. The zero-order valence-electron chi connectivity index (χ0n) is 13.1. The number of hydrogen-bond acceptors (Lipinski definition) is 6. The fourth-order valence-electron chi connectivity index (χ4n) is 2.32. The van der Waals surface area contributed by atoms with E-state index in [0.717, 1.165) is 11.3 Å². The Morgan fingerprint density at radius 3 is 2.61 bits per heavy atom. The molecule has 0 spiro atoms. The summed E-state index contributed by atoms with van der Waals surface area (Å²) < 4.78 is 0. The number of benzene rings is 1. The van der Waals surface area contributed by atoms with Gasteiger partial charge in [-0.2, -0.15) is 10.1 Å². The van der Waals surface area contributed by atoms with E-state index in [1.165, 1.54) is 11.1 Å². The van der Waals surface area contributed by atoms with Crippen molar-refractivity contribution in [2.75, 3.05) is 10.6 Å². The molecule has 3 aromatic rings. The second-order valence-corrected chi connectivity index (χ2v) is 5.38. The maximum absolute atomic E-state index is 4.43. The highest BCUT2D eigenvalue weighted by Crippen LogP contribution is 2.18. The first kappa shape index (κ1) is 14.9. The molecule has 0 saturated heterocycles. The molecule has 0 radical (unpaired) electrons. The van der Waals surface area contributed by atoms with Crippen molar-refractivity contribution < 1.29 is 0 Å². The quantitative estimate of drug-likeness (QED) is 0.753. The molecular formula is C17H18N6. The Kier molecular flexibility index (Phi) is 4.42. The molecule has 2 aromatic heterocycles. The van der Waals surface area contributed by atoms with Gasteiger partial charge < -0.3 is 10.6 Å². The van der Waals surface area contributed by atoms with Crippen molar-refractivity contribution in [3.8, 4) is 0 Å². The highest BCUT2D eigenvalue weighted by Gasteiger charge is 2.02. The summed E-state index contributed by atoms with van der Waals surface area (Å²) in [4.78, 5) is 8.50. The summed E-state index contributed by atoms with van der Waals surface area (Å²) in [5.74, 6) is 1.13. The lowest BCUT2D eigenvalue weighted by Crippen LogP contribution is -2.06. The first-order valence-electron chi connectivity index (χ1n) is 7.37. The number of nitrogens with one attached hydrogen (secondary N) is 2. The molecule has 0 aliphatic carbocycles. The molecule has 6 heteroatoms. The van der Waals surface area contributed by atoms with Crippen molar-refractivity contribution in [1.82, 2.24) is 20.2 Å². The molecule has 0 bridgehead atoms. The van der Waals surface area contributed by atoms with Crippen LogP contribution >= 0.6 is 0 Å². The lowest BCUT2D eigenvalue weighted by Gasteiger charge is -2.09. The van der Waals surface area contributed by atoms with Crippen molar-refractivity contribution in [3.05, 3.63) is 65.6 Å². The predicted octanol–water partition coefficient (Wildman–Crippen LogP) is 3.24. The van der Waals surface area contributed by atoms with Gasteiger partial charge in [0, 0.05) is 24.6 Å². The van der Waals surface area contributed by atoms with Crippen LogP contribution in [0, 0.1) is 13.8 Å². The minimum Gasteiger partial charge on any atom is -0.349 e. The van der Waals surface area contributed by atoms with Crippen LogP contribution in [-0.4, -0.2) is 20.2 Å². The van der Waals surface area contributed by atoms with Crippen LogP contribution in [0.5, 0.6) is 0 Å². The van der Waals surface area contributed by atoms with E-state index in [-0.39, 0.29) is 0 Å². The van der Waals surface area contributed by atoms with Gasteiger partial charge in [-0.1, -0.05) is 12.1 Å². The van der Waals surface area contributed by atoms with Gasteiger partial charge >= 0.3 is 0 Å². The van der Waals surface area contributed by atoms with Crippen LogP contribution in [0.1, 0.15) is 16.7 Å².